The van der Waals surface area contributed by atoms with E-state index < -0.39 is 14.9 Å². The van der Waals surface area contributed by atoms with Gasteiger partial charge in [0.05, 0.1) is 6.04 Å². The Balaban J connectivity index is 2.23. The van der Waals surface area contributed by atoms with Crippen LogP contribution in [0, 0.1) is 10.1 Å². The summed E-state index contributed by atoms with van der Waals surface area (Å²) in [6.45, 7) is 1.88. The van der Waals surface area contributed by atoms with Gasteiger partial charge in [-0.05, 0) is 33.8 Å². The average molecular weight is 327 g/mol. The maximum atomic E-state index is 12.3. The van der Waals surface area contributed by atoms with Crippen molar-refractivity contribution in [3.8, 4) is 0 Å². The van der Waals surface area contributed by atoms with Gasteiger partial charge in [-0.25, -0.2) is 13.1 Å². The van der Waals surface area contributed by atoms with Crippen molar-refractivity contribution >= 4 is 27.2 Å². The first-order chi connectivity index (χ1) is 9.94. The van der Waals surface area contributed by atoms with Gasteiger partial charge in [0.15, 0.2) is 6.20 Å². The summed E-state index contributed by atoms with van der Waals surface area (Å²) in [4.78, 5) is 14.2. The summed E-state index contributed by atoms with van der Waals surface area (Å²) < 4.78 is 27.1. The summed E-state index contributed by atoms with van der Waals surface area (Å²) in [5.41, 5.74) is 0. The van der Waals surface area contributed by atoms with E-state index in [0.29, 0.717) is 6.42 Å². The van der Waals surface area contributed by atoms with Crippen LogP contribution in [-0.2, 0) is 10.0 Å². The number of hydrogen-bond donors (Lipinski definition) is 1. The Morgan fingerprint density at radius 2 is 2.19 bits per heavy atom. The summed E-state index contributed by atoms with van der Waals surface area (Å²) in [5, 5.41) is 12.4. The van der Waals surface area contributed by atoms with Crippen LogP contribution >= 0.6 is 11.3 Å². The second-order valence-electron chi connectivity index (χ2n) is 4.21. The highest BCUT2D eigenvalue weighted by molar-refractivity contribution is 7.89. The Morgan fingerprint density at radius 3 is 2.67 bits per heavy atom. The largest absolute Gasteiger partial charge is 0.363 e. The zero-order valence-corrected chi connectivity index (χ0v) is 12.7. The number of nitrogens with zero attached hydrogens (tertiary/aromatic N) is 2. The second-order valence-corrected chi connectivity index (χ2v) is 6.90. The molecule has 0 saturated heterocycles. The van der Waals surface area contributed by atoms with E-state index in [1.54, 1.807) is 0 Å². The minimum Gasteiger partial charge on any atom is -0.358 e. The number of nitro groups is 1. The standard InChI is InChI=1S/C12H13N3O4S2/c1-2-10(11-4-3-7-20-11)14-21(18,19)9-5-6-12(13-8-9)15(16)17/h3-8,10,14H,2H2,1H3/t10-/m0/s1. The Bertz CT molecular complexity index is 711. The lowest BCUT2D eigenvalue weighted by molar-refractivity contribution is -0.389. The number of rotatable bonds is 6. The summed E-state index contributed by atoms with van der Waals surface area (Å²) >= 11 is 1.47. The summed E-state index contributed by atoms with van der Waals surface area (Å²) in [5.74, 6) is -0.390. The van der Waals surface area contributed by atoms with Crippen LogP contribution in [-0.4, -0.2) is 18.3 Å². The SMILES string of the molecule is CC[C@H](NS(=O)(=O)c1ccc([N+](=O)[O-])nc1)c1cccs1. The molecule has 2 rings (SSSR count). The van der Waals surface area contributed by atoms with Crippen molar-refractivity contribution in [3.63, 3.8) is 0 Å². The van der Waals surface area contributed by atoms with E-state index in [9.17, 15) is 18.5 Å². The minimum absolute atomic E-state index is 0.0943. The second kappa shape index (κ2) is 6.29. The first kappa shape index (κ1) is 15.5. The Morgan fingerprint density at radius 1 is 1.43 bits per heavy atom. The van der Waals surface area contributed by atoms with Crippen LogP contribution in [0.5, 0.6) is 0 Å². The van der Waals surface area contributed by atoms with Crippen LogP contribution in [0.3, 0.4) is 0 Å². The van der Waals surface area contributed by atoms with Crippen molar-refractivity contribution in [2.24, 2.45) is 0 Å². The summed E-state index contributed by atoms with van der Waals surface area (Å²) in [6.07, 6.45) is 1.59. The van der Waals surface area contributed by atoms with Gasteiger partial charge >= 0.3 is 5.82 Å². The van der Waals surface area contributed by atoms with E-state index in [2.05, 4.69) is 9.71 Å². The van der Waals surface area contributed by atoms with Crippen molar-refractivity contribution in [2.45, 2.75) is 24.3 Å². The molecule has 9 heteroatoms. The van der Waals surface area contributed by atoms with E-state index in [1.165, 1.54) is 17.4 Å². The van der Waals surface area contributed by atoms with E-state index in [0.717, 1.165) is 17.1 Å². The van der Waals surface area contributed by atoms with Crippen molar-refractivity contribution < 1.29 is 13.3 Å². The van der Waals surface area contributed by atoms with Gasteiger partial charge in [-0.2, -0.15) is 0 Å². The molecule has 0 spiro atoms. The molecule has 0 aliphatic carbocycles. The molecule has 7 nitrogen and oxygen atoms in total. The van der Waals surface area contributed by atoms with Gasteiger partial charge in [-0.15, -0.1) is 11.3 Å². The van der Waals surface area contributed by atoms with Gasteiger partial charge in [0, 0.05) is 10.9 Å². The van der Waals surface area contributed by atoms with Crippen molar-refractivity contribution in [3.05, 3.63) is 50.8 Å². The van der Waals surface area contributed by atoms with Crippen LogP contribution in [0.25, 0.3) is 0 Å². The number of nitrogens with one attached hydrogen (secondary N) is 1. The lowest BCUT2D eigenvalue weighted by Crippen LogP contribution is -2.27. The topological polar surface area (TPSA) is 102 Å². The Labute approximate surface area is 125 Å². The third-order valence-corrected chi connectivity index (χ3v) is 5.25. The third-order valence-electron chi connectivity index (χ3n) is 2.81. The van der Waals surface area contributed by atoms with Gasteiger partial charge in [-0.3, -0.25) is 0 Å². The Kier molecular flexibility index (Phi) is 4.66. The van der Waals surface area contributed by atoms with Crippen LogP contribution in [0.4, 0.5) is 5.82 Å². The van der Waals surface area contributed by atoms with Crippen LogP contribution in [0.15, 0.2) is 40.7 Å². The average Bonchev–Trinajstić information content (AvgIpc) is 2.99. The van der Waals surface area contributed by atoms with Crippen LogP contribution in [0.2, 0.25) is 0 Å². The van der Waals surface area contributed by atoms with Gasteiger partial charge in [-0.1, -0.05) is 13.0 Å². The van der Waals surface area contributed by atoms with E-state index in [4.69, 9.17) is 0 Å². The summed E-state index contributed by atoms with van der Waals surface area (Å²) in [6, 6.07) is 5.62. The van der Waals surface area contributed by atoms with E-state index >= 15 is 0 Å². The van der Waals surface area contributed by atoms with Crippen LogP contribution < -0.4 is 4.72 Å². The van der Waals surface area contributed by atoms with Crippen LogP contribution in [0.1, 0.15) is 24.3 Å². The zero-order chi connectivity index (χ0) is 15.5. The maximum Gasteiger partial charge on any atom is 0.363 e. The fourth-order valence-electron chi connectivity index (χ4n) is 1.73. The molecule has 0 saturated carbocycles. The molecule has 112 valence electrons. The molecule has 1 N–H and O–H groups in total. The molecule has 0 aliphatic rings. The molecule has 2 aromatic rings. The maximum absolute atomic E-state index is 12.3. The van der Waals surface area contributed by atoms with Crippen molar-refractivity contribution in [1.82, 2.24) is 9.71 Å². The predicted octanol–water partition coefficient (Wildman–Crippen LogP) is 2.48. The van der Waals surface area contributed by atoms with Crippen molar-refractivity contribution in [2.75, 3.05) is 0 Å². The number of sulfonamides is 1. The lowest BCUT2D eigenvalue weighted by atomic mass is 10.2. The molecular formula is C12H13N3O4S2. The first-order valence-electron chi connectivity index (χ1n) is 6.10. The zero-order valence-electron chi connectivity index (χ0n) is 11.1. The minimum atomic E-state index is -3.77. The number of aromatic nitrogens is 1. The molecule has 0 unspecified atom stereocenters. The van der Waals surface area contributed by atoms with Gasteiger partial charge in [0.1, 0.15) is 4.90 Å². The normalized spacial score (nSPS) is 13.0. The van der Waals surface area contributed by atoms with Gasteiger partial charge < -0.3 is 10.1 Å². The Hall–Kier alpha value is -1.84. The molecule has 21 heavy (non-hydrogen) atoms. The van der Waals surface area contributed by atoms with Crippen molar-refractivity contribution in [1.29, 1.82) is 0 Å². The fraction of sp³-hybridized carbons (Fsp3) is 0.250. The highest BCUT2D eigenvalue weighted by atomic mass is 32.2. The molecule has 0 aromatic carbocycles. The molecule has 0 amide bonds. The molecule has 2 aromatic heterocycles. The number of thiophene rings is 1. The third kappa shape index (κ3) is 3.63. The number of hydrogen-bond acceptors (Lipinski definition) is 6. The number of pyridine rings is 1. The van der Waals surface area contributed by atoms with E-state index in [1.807, 2.05) is 24.4 Å². The molecular weight excluding hydrogens is 314 g/mol. The summed E-state index contributed by atoms with van der Waals surface area (Å²) in [7, 11) is -3.77. The molecule has 0 radical (unpaired) electrons. The smallest absolute Gasteiger partial charge is 0.358 e. The highest BCUT2D eigenvalue weighted by Crippen LogP contribution is 2.24. The first-order valence-corrected chi connectivity index (χ1v) is 8.46. The molecule has 0 fully saturated rings. The predicted molar refractivity (Wildman–Crippen MR) is 78.6 cm³/mol. The highest BCUT2D eigenvalue weighted by Gasteiger charge is 2.23. The van der Waals surface area contributed by atoms with E-state index in [-0.39, 0.29) is 16.8 Å². The van der Waals surface area contributed by atoms with Gasteiger partial charge in [0.2, 0.25) is 10.0 Å². The van der Waals surface area contributed by atoms with Gasteiger partial charge in [0.25, 0.3) is 0 Å². The molecule has 0 bridgehead atoms. The molecule has 1 atom stereocenters. The quantitative estimate of drug-likeness (QED) is 0.648. The monoisotopic (exact) mass is 327 g/mol. The molecule has 0 aliphatic heterocycles. The fourth-order valence-corrected chi connectivity index (χ4v) is 3.91. The lowest BCUT2D eigenvalue weighted by Gasteiger charge is -2.15. The molecule has 2 heterocycles.